The highest BCUT2D eigenvalue weighted by Gasteiger charge is 2.25. The first-order valence-electron chi connectivity index (χ1n) is 10.5. The van der Waals surface area contributed by atoms with Gasteiger partial charge in [-0.25, -0.2) is 9.59 Å². The quantitative estimate of drug-likeness (QED) is 0.693. The number of hydrogen-bond acceptors (Lipinski definition) is 6. The Morgan fingerprint density at radius 1 is 1.22 bits per heavy atom. The minimum Gasteiger partial charge on any atom is -0.451 e. The Balaban J connectivity index is 2.12. The van der Waals surface area contributed by atoms with Gasteiger partial charge in [0.15, 0.2) is 0 Å². The number of carbonyl (C=O) groups excluding carboxylic acids is 1. The molecule has 0 saturated carbocycles. The summed E-state index contributed by atoms with van der Waals surface area (Å²) in [6.07, 6.45) is -0.675. The van der Waals surface area contributed by atoms with Crippen LogP contribution in [-0.2, 0) is 29.1 Å². The average molecular weight is 466 g/mol. The second kappa shape index (κ2) is 9.45. The van der Waals surface area contributed by atoms with Crippen LogP contribution in [0.3, 0.4) is 0 Å². The van der Waals surface area contributed by atoms with E-state index < -0.39 is 6.09 Å². The fourth-order valence-corrected chi connectivity index (χ4v) is 5.01. The number of rotatable bonds is 6. The Bertz CT molecular complexity index is 1150. The van der Waals surface area contributed by atoms with E-state index in [2.05, 4.69) is 15.0 Å². The van der Waals surface area contributed by atoms with Gasteiger partial charge in [0.25, 0.3) is 5.56 Å². The van der Waals surface area contributed by atoms with Gasteiger partial charge in [-0.2, -0.15) is 0 Å². The van der Waals surface area contributed by atoms with Gasteiger partial charge in [-0.3, -0.25) is 13.9 Å². The summed E-state index contributed by atoms with van der Waals surface area (Å²) in [5, 5.41) is 3.64. The Hall–Kier alpha value is -2.66. The highest BCUT2D eigenvalue weighted by molar-refractivity contribution is 7.18. The van der Waals surface area contributed by atoms with E-state index in [9.17, 15) is 14.4 Å². The first kappa shape index (κ1) is 24.0. The third-order valence-corrected chi connectivity index (χ3v) is 6.51. The maximum Gasteiger partial charge on any atom is 0.436 e. The maximum absolute atomic E-state index is 13.4. The van der Waals surface area contributed by atoms with Gasteiger partial charge < -0.3 is 19.7 Å². The molecule has 1 aliphatic rings. The highest BCUT2D eigenvalue weighted by atomic mass is 32.1. The van der Waals surface area contributed by atoms with Crippen molar-refractivity contribution < 1.29 is 14.3 Å². The van der Waals surface area contributed by atoms with Gasteiger partial charge in [-0.15, -0.1) is 16.3 Å². The molecule has 1 fully saturated rings. The molecular weight excluding hydrogens is 434 g/mol. The van der Waals surface area contributed by atoms with E-state index in [0.717, 1.165) is 10.4 Å². The zero-order valence-electron chi connectivity index (χ0n) is 19.5. The smallest absolute Gasteiger partial charge is 0.436 e. The van der Waals surface area contributed by atoms with Gasteiger partial charge in [0.1, 0.15) is 4.83 Å². The van der Waals surface area contributed by atoms with Gasteiger partial charge >= 0.3 is 11.8 Å². The molecule has 1 aliphatic heterocycles. The number of carbonyl (C=O) groups is 1. The van der Waals surface area contributed by atoms with Crippen molar-refractivity contribution in [2.75, 3.05) is 33.9 Å². The molecule has 11 heteroatoms. The summed E-state index contributed by atoms with van der Waals surface area (Å²) < 4.78 is 12.8. The normalized spacial score (nSPS) is 15.6. The standard InChI is InChI=1S/C21H31N5O5S/c1-13-14(11-24-8-7-22-18(24)23-19(28)31-6)32-17-15(13)16(27)26(12-21(2,3)4)20(29)25(17)9-10-30-5/h7-12H2,1-6H3,(H,22,23,28). The van der Waals surface area contributed by atoms with Crippen molar-refractivity contribution in [1.82, 2.24) is 19.4 Å². The van der Waals surface area contributed by atoms with Crippen LogP contribution in [0.15, 0.2) is 14.6 Å². The van der Waals surface area contributed by atoms with E-state index >= 15 is 0 Å². The molecule has 0 radical (unpaired) electrons. The molecule has 10 nitrogen and oxygen atoms in total. The van der Waals surface area contributed by atoms with Crippen molar-refractivity contribution in [3.63, 3.8) is 0 Å². The van der Waals surface area contributed by atoms with E-state index in [1.807, 2.05) is 32.6 Å². The SMILES string of the molecule is COCCn1c(=O)n(CC(C)(C)C)c(=O)c2c(C)c(CN3CCNC3=NC(=O)OC)sc21. The molecule has 0 bridgehead atoms. The number of aliphatic imine (C=N–C) groups is 1. The zero-order chi connectivity index (χ0) is 23.6. The highest BCUT2D eigenvalue weighted by Crippen LogP contribution is 2.29. The van der Waals surface area contributed by atoms with E-state index in [1.165, 1.54) is 23.0 Å². The van der Waals surface area contributed by atoms with E-state index in [4.69, 9.17) is 4.74 Å². The molecule has 0 aliphatic carbocycles. The molecule has 1 amide bonds. The van der Waals surface area contributed by atoms with Crippen LogP contribution in [0.5, 0.6) is 0 Å². The lowest BCUT2D eigenvalue weighted by atomic mass is 9.97. The molecular formula is C21H31N5O5S. The maximum atomic E-state index is 13.4. The molecule has 0 atom stereocenters. The van der Waals surface area contributed by atoms with Crippen LogP contribution in [0.4, 0.5) is 4.79 Å². The second-order valence-electron chi connectivity index (χ2n) is 8.96. The summed E-state index contributed by atoms with van der Waals surface area (Å²) in [6, 6.07) is 0. The van der Waals surface area contributed by atoms with Gasteiger partial charge in [0.05, 0.1) is 32.2 Å². The number of methoxy groups -OCH3 is 2. The third kappa shape index (κ3) is 4.88. The van der Waals surface area contributed by atoms with E-state index in [-0.39, 0.29) is 16.7 Å². The molecule has 0 aromatic carbocycles. The molecule has 1 N–H and O–H groups in total. The Morgan fingerprint density at radius 2 is 1.94 bits per heavy atom. The summed E-state index contributed by atoms with van der Waals surface area (Å²) >= 11 is 1.42. The number of ether oxygens (including phenoxy) is 2. The number of nitrogens with one attached hydrogen (secondary N) is 1. The Morgan fingerprint density at radius 3 is 2.56 bits per heavy atom. The summed E-state index contributed by atoms with van der Waals surface area (Å²) in [6.45, 7) is 10.7. The lowest BCUT2D eigenvalue weighted by molar-refractivity contribution is 0.182. The van der Waals surface area contributed by atoms with Crippen molar-refractivity contribution in [3.05, 3.63) is 31.3 Å². The number of thiophene rings is 1. The fourth-order valence-electron chi connectivity index (χ4n) is 3.67. The number of nitrogens with zero attached hydrogens (tertiary/aromatic N) is 4. The molecule has 3 heterocycles. The van der Waals surface area contributed by atoms with Crippen LogP contribution < -0.4 is 16.6 Å². The molecule has 176 valence electrons. The van der Waals surface area contributed by atoms with Crippen molar-refractivity contribution in [2.24, 2.45) is 10.4 Å². The van der Waals surface area contributed by atoms with Crippen LogP contribution in [0.25, 0.3) is 10.2 Å². The summed E-state index contributed by atoms with van der Waals surface area (Å²) in [4.78, 5) is 45.7. The van der Waals surface area contributed by atoms with Crippen molar-refractivity contribution >= 4 is 33.6 Å². The predicted molar refractivity (Wildman–Crippen MR) is 125 cm³/mol. The van der Waals surface area contributed by atoms with E-state index in [1.54, 1.807) is 11.7 Å². The van der Waals surface area contributed by atoms with Crippen LogP contribution in [0.1, 0.15) is 31.2 Å². The number of guanidine groups is 1. The molecule has 0 spiro atoms. The Labute approximate surface area is 190 Å². The zero-order valence-corrected chi connectivity index (χ0v) is 20.3. The van der Waals surface area contributed by atoms with Gasteiger partial charge in [-0.1, -0.05) is 20.8 Å². The fraction of sp³-hybridized carbons (Fsp3) is 0.619. The first-order valence-corrected chi connectivity index (χ1v) is 11.3. The summed E-state index contributed by atoms with van der Waals surface area (Å²) in [5.74, 6) is 0.440. The largest absolute Gasteiger partial charge is 0.451 e. The van der Waals surface area contributed by atoms with Crippen LogP contribution in [0, 0.1) is 12.3 Å². The third-order valence-electron chi connectivity index (χ3n) is 5.22. The topological polar surface area (TPSA) is 107 Å². The van der Waals surface area contributed by atoms with Crippen LogP contribution >= 0.6 is 11.3 Å². The lowest BCUT2D eigenvalue weighted by Gasteiger charge is -2.20. The summed E-state index contributed by atoms with van der Waals surface area (Å²) in [7, 11) is 2.87. The summed E-state index contributed by atoms with van der Waals surface area (Å²) in [5.41, 5.74) is 0.0194. The first-order chi connectivity index (χ1) is 15.1. The number of fused-ring (bicyclic) bond motifs is 1. The monoisotopic (exact) mass is 465 g/mol. The molecule has 3 rings (SSSR count). The average Bonchev–Trinajstić information content (AvgIpc) is 3.29. The molecule has 2 aromatic rings. The minimum absolute atomic E-state index is 0.233. The molecule has 1 saturated heterocycles. The van der Waals surface area contributed by atoms with Crippen LogP contribution in [0.2, 0.25) is 0 Å². The van der Waals surface area contributed by atoms with Gasteiger partial charge in [0.2, 0.25) is 5.96 Å². The van der Waals surface area contributed by atoms with Gasteiger partial charge in [-0.05, 0) is 17.9 Å². The van der Waals surface area contributed by atoms with E-state index in [0.29, 0.717) is 55.5 Å². The molecule has 32 heavy (non-hydrogen) atoms. The minimum atomic E-state index is -0.675. The van der Waals surface area contributed by atoms with Gasteiger partial charge in [0, 0.05) is 31.6 Å². The van der Waals surface area contributed by atoms with Crippen molar-refractivity contribution in [1.29, 1.82) is 0 Å². The lowest BCUT2D eigenvalue weighted by Crippen LogP contribution is -2.42. The molecule has 0 unspecified atom stereocenters. The number of aromatic nitrogens is 2. The second-order valence-corrected chi connectivity index (χ2v) is 10.0. The predicted octanol–water partition coefficient (Wildman–Crippen LogP) is 1.75. The number of amides is 1. The number of aryl methyl sites for hydroxylation is 1. The van der Waals surface area contributed by atoms with Crippen LogP contribution in [-0.4, -0.2) is 60.0 Å². The van der Waals surface area contributed by atoms with Crippen molar-refractivity contribution in [2.45, 2.75) is 47.3 Å². The number of hydrogen-bond donors (Lipinski definition) is 1. The Kier molecular flexibility index (Phi) is 7.09. The van der Waals surface area contributed by atoms with Crippen molar-refractivity contribution in [3.8, 4) is 0 Å². The molecule has 2 aromatic heterocycles.